The number of hydrogen-bond acceptors (Lipinski definition) is 6. The highest BCUT2D eigenvalue weighted by Crippen LogP contribution is 2.29. The minimum absolute atomic E-state index is 0.222. The van der Waals surface area contributed by atoms with E-state index in [0.717, 1.165) is 29.6 Å². The first-order valence-corrected chi connectivity index (χ1v) is 10.2. The molecule has 3 aromatic heterocycles. The van der Waals surface area contributed by atoms with Crippen LogP contribution in [0.5, 0.6) is 11.5 Å². The molecule has 5 aromatic rings. The zero-order valence-electron chi connectivity index (χ0n) is 17.4. The van der Waals surface area contributed by atoms with Crippen LogP contribution in [0.1, 0.15) is 24.7 Å². The Bertz CT molecular complexity index is 1340. The van der Waals surface area contributed by atoms with Crippen LogP contribution in [0.4, 0.5) is 0 Å². The van der Waals surface area contributed by atoms with Crippen molar-refractivity contribution in [1.82, 2.24) is 29.4 Å². The van der Waals surface area contributed by atoms with Gasteiger partial charge in [0.25, 0.3) is 0 Å². The molecule has 0 aliphatic carbocycles. The average Bonchev–Trinajstić information content (AvgIpc) is 3.42. The summed E-state index contributed by atoms with van der Waals surface area (Å²) in [4.78, 5) is 9.19. The quantitative estimate of drug-likeness (QED) is 0.400. The number of fused-ring (bicyclic) bond motifs is 3. The Morgan fingerprint density at radius 3 is 2.68 bits per heavy atom. The number of benzene rings is 2. The second-order valence-corrected chi connectivity index (χ2v) is 7.19. The molecule has 0 atom stereocenters. The third-order valence-corrected chi connectivity index (χ3v) is 5.07. The molecule has 0 aliphatic rings. The molecule has 0 saturated heterocycles. The van der Waals surface area contributed by atoms with E-state index in [9.17, 15) is 0 Å². The molecule has 0 fully saturated rings. The fourth-order valence-electron chi connectivity index (χ4n) is 3.60. The number of para-hydroxylation sites is 1. The Kier molecular flexibility index (Phi) is 4.95. The molecule has 0 radical (unpaired) electrons. The fourth-order valence-corrected chi connectivity index (χ4v) is 3.60. The highest BCUT2D eigenvalue weighted by Gasteiger charge is 2.14. The number of nitrogens with zero attached hydrogens (tertiary/aromatic N) is 6. The van der Waals surface area contributed by atoms with Crippen LogP contribution in [-0.4, -0.2) is 36.5 Å². The predicted octanol–water partition coefficient (Wildman–Crippen LogP) is 4.00. The van der Waals surface area contributed by atoms with Crippen molar-refractivity contribution in [3.8, 4) is 17.2 Å². The topological polar surface area (TPSA) is 79.4 Å². The van der Waals surface area contributed by atoms with Gasteiger partial charge in [-0.1, -0.05) is 37.6 Å². The largest absolute Gasteiger partial charge is 0.493 e. The number of hydrogen-bond donors (Lipinski definition) is 0. The summed E-state index contributed by atoms with van der Waals surface area (Å²) < 4.78 is 14.9. The van der Waals surface area contributed by atoms with Gasteiger partial charge in [-0.2, -0.15) is 5.10 Å². The van der Waals surface area contributed by atoms with Gasteiger partial charge in [-0.05, 0) is 36.2 Å². The molecule has 0 saturated carbocycles. The minimum atomic E-state index is 0.222. The van der Waals surface area contributed by atoms with E-state index < -0.39 is 0 Å². The minimum Gasteiger partial charge on any atom is -0.493 e. The number of ether oxygens (including phenoxy) is 2. The van der Waals surface area contributed by atoms with E-state index in [2.05, 4.69) is 33.2 Å². The van der Waals surface area contributed by atoms with Gasteiger partial charge in [-0.15, -0.1) is 5.10 Å². The van der Waals surface area contributed by atoms with Gasteiger partial charge in [0.05, 0.1) is 24.4 Å². The lowest BCUT2D eigenvalue weighted by molar-refractivity contribution is 0.276. The first kappa shape index (κ1) is 19.0. The van der Waals surface area contributed by atoms with E-state index in [1.807, 2.05) is 42.5 Å². The van der Waals surface area contributed by atoms with E-state index in [1.165, 1.54) is 5.56 Å². The zero-order chi connectivity index (χ0) is 21.2. The van der Waals surface area contributed by atoms with Crippen molar-refractivity contribution in [2.45, 2.75) is 26.4 Å². The van der Waals surface area contributed by atoms with Crippen molar-refractivity contribution in [2.75, 3.05) is 7.11 Å². The molecule has 8 nitrogen and oxygen atoms in total. The third kappa shape index (κ3) is 3.56. The molecule has 0 unspecified atom stereocenters. The molecule has 0 amide bonds. The van der Waals surface area contributed by atoms with Crippen LogP contribution in [0.2, 0.25) is 0 Å². The lowest BCUT2D eigenvalue weighted by Gasteiger charge is -2.10. The summed E-state index contributed by atoms with van der Waals surface area (Å²) in [5.41, 5.74) is 3.58. The highest BCUT2D eigenvalue weighted by molar-refractivity contribution is 5.89. The fraction of sp³-hybridized carbons (Fsp3) is 0.217. The molecule has 8 heteroatoms. The molecule has 0 aliphatic heterocycles. The van der Waals surface area contributed by atoms with Crippen LogP contribution in [0, 0.1) is 0 Å². The van der Waals surface area contributed by atoms with Crippen molar-refractivity contribution in [3.05, 3.63) is 72.4 Å². The summed E-state index contributed by atoms with van der Waals surface area (Å²) >= 11 is 0. The molecule has 3 heterocycles. The van der Waals surface area contributed by atoms with Crippen LogP contribution < -0.4 is 9.47 Å². The molecular weight excluding hydrogens is 392 g/mol. The van der Waals surface area contributed by atoms with Crippen molar-refractivity contribution in [2.24, 2.45) is 0 Å². The van der Waals surface area contributed by atoms with Crippen molar-refractivity contribution in [3.63, 3.8) is 0 Å². The second kappa shape index (κ2) is 8.06. The number of rotatable bonds is 7. The third-order valence-electron chi connectivity index (χ3n) is 5.07. The van der Waals surface area contributed by atoms with Crippen LogP contribution >= 0.6 is 0 Å². The maximum Gasteiger partial charge on any atom is 0.189 e. The van der Waals surface area contributed by atoms with Crippen molar-refractivity contribution < 1.29 is 9.47 Å². The Labute approximate surface area is 179 Å². The van der Waals surface area contributed by atoms with E-state index >= 15 is 0 Å². The number of methoxy groups -OCH3 is 1. The van der Waals surface area contributed by atoms with Crippen LogP contribution in [-0.2, 0) is 13.0 Å². The van der Waals surface area contributed by atoms with Crippen molar-refractivity contribution in [1.29, 1.82) is 0 Å². The molecule has 0 bridgehead atoms. The van der Waals surface area contributed by atoms with Crippen LogP contribution in [0.15, 0.2) is 61.1 Å². The maximum absolute atomic E-state index is 5.96. The zero-order valence-corrected chi connectivity index (χ0v) is 17.4. The van der Waals surface area contributed by atoms with Gasteiger partial charge in [0, 0.05) is 0 Å². The highest BCUT2D eigenvalue weighted by atomic mass is 16.5. The van der Waals surface area contributed by atoms with Gasteiger partial charge in [0.2, 0.25) is 0 Å². The normalized spacial score (nSPS) is 11.3. The summed E-state index contributed by atoms with van der Waals surface area (Å²) in [6.45, 7) is 2.38. The summed E-state index contributed by atoms with van der Waals surface area (Å²) in [6, 6.07) is 15.9. The summed E-state index contributed by atoms with van der Waals surface area (Å²) in [5.74, 6) is 1.94. The molecular formula is C23H22N6O2. The Hall–Kier alpha value is -3.94. The van der Waals surface area contributed by atoms with Crippen molar-refractivity contribution >= 4 is 16.7 Å². The Morgan fingerprint density at radius 1 is 1.00 bits per heavy atom. The smallest absolute Gasteiger partial charge is 0.189 e. The molecule has 0 N–H and O–H groups in total. The van der Waals surface area contributed by atoms with Crippen LogP contribution in [0.3, 0.4) is 0 Å². The van der Waals surface area contributed by atoms with Gasteiger partial charge in [0.15, 0.2) is 28.6 Å². The first-order valence-electron chi connectivity index (χ1n) is 10.2. The first-order chi connectivity index (χ1) is 15.3. The maximum atomic E-state index is 5.96. The Morgan fingerprint density at radius 2 is 1.87 bits per heavy atom. The Balaban J connectivity index is 1.43. The standard InChI is InChI=1S/C23H22N6O2/c1-3-7-16-10-11-19(20(12-16)30-2)31-14-21-26-23-18-13-25-29(17-8-5-4-6-9-17)22(18)24-15-28(23)27-21/h4-6,8-13,15H,3,7,14H2,1-2H3. The molecule has 31 heavy (non-hydrogen) atoms. The van der Waals surface area contributed by atoms with E-state index in [0.29, 0.717) is 23.0 Å². The predicted molar refractivity (Wildman–Crippen MR) is 117 cm³/mol. The molecule has 5 rings (SSSR count). The number of aryl methyl sites for hydroxylation is 1. The van der Waals surface area contributed by atoms with E-state index in [-0.39, 0.29) is 6.61 Å². The molecule has 2 aromatic carbocycles. The van der Waals surface area contributed by atoms with Gasteiger partial charge in [-0.3, -0.25) is 0 Å². The summed E-state index contributed by atoms with van der Waals surface area (Å²) in [5, 5.41) is 9.82. The van der Waals surface area contributed by atoms with Gasteiger partial charge in [0.1, 0.15) is 12.9 Å². The second-order valence-electron chi connectivity index (χ2n) is 7.19. The van der Waals surface area contributed by atoms with Gasteiger partial charge in [-0.25, -0.2) is 19.2 Å². The SMILES string of the molecule is CCCc1ccc(OCc2nc3c4cnn(-c5ccccc5)c4ncn3n2)c(OC)c1. The molecule has 0 spiro atoms. The van der Waals surface area contributed by atoms with Gasteiger partial charge < -0.3 is 9.47 Å². The summed E-state index contributed by atoms with van der Waals surface area (Å²) in [6.07, 6.45) is 5.50. The van der Waals surface area contributed by atoms with E-state index in [1.54, 1.807) is 28.8 Å². The van der Waals surface area contributed by atoms with Gasteiger partial charge >= 0.3 is 0 Å². The van der Waals surface area contributed by atoms with Crippen LogP contribution in [0.25, 0.3) is 22.4 Å². The number of aromatic nitrogens is 6. The lowest BCUT2D eigenvalue weighted by Crippen LogP contribution is -2.00. The summed E-state index contributed by atoms with van der Waals surface area (Å²) in [7, 11) is 1.65. The van der Waals surface area contributed by atoms with E-state index in [4.69, 9.17) is 9.47 Å². The molecule has 156 valence electrons. The lowest BCUT2D eigenvalue weighted by atomic mass is 10.1. The average molecular weight is 414 g/mol. The monoisotopic (exact) mass is 414 g/mol.